The summed E-state index contributed by atoms with van der Waals surface area (Å²) in [6, 6.07) is 6.66. The highest BCUT2D eigenvalue weighted by Gasteiger charge is 2.19. The van der Waals surface area contributed by atoms with Gasteiger partial charge in [-0.3, -0.25) is 4.98 Å². The lowest BCUT2D eigenvalue weighted by atomic mass is 10.1. The van der Waals surface area contributed by atoms with Gasteiger partial charge in [-0.2, -0.15) is 0 Å². The van der Waals surface area contributed by atoms with Crippen molar-refractivity contribution in [2.24, 2.45) is 0 Å². The van der Waals surface area contributed by atoms with Crippen LogP contribution in [-0.2, 0) is 10.0 Å². The molecule has 0 bridgehead atoms. The van der Waals surface area contributed by atoms with Crippen LogP contribution in [-0.4, -0.2) is 13.4 Å². The standard InChI is InChI=1S/C13H12BrFN2O2S/c1-9(10-2-4-12(15)5-3-10)17-20(18,19)13-6-11(14)7-16-8-13/h2-9,17H,1H3. The monoisotopic (exact) mass is 358 g/mol. The van der Waals surface area contributed by atoms with Gasteiger partial charge in [-0.25, -0.2) is 17.5 Å². The SMILES string of the molecule is CC(NS(=O)(=O)c1cncc(Br)c1)c1ccc(F)cc1. The molecule has 0 saturated heterocycles. The maximum absolute atomic E-state index is 12.8. The first kappa shape index (κ1) is 15.1. The van der Waals surface area contributed by atoms with Gasteiger partial charge in [0.05, 0.1) is 0 Å². The molecular formula is C13H12BrFN2O2S. The largest absolute Gasteiger partial charge is 0.262 e. The molecule has 0 aliphatic rings. The highest BCUT2D eigenvalue weighted by Crippen LogP contribution is 2.19. The highest BCUT2D eigenvalue weighted by atomic mass is 79.9. The summed E-state index contributed by atoms with van der Waals surface area (Å²) < 4.78 is 40.3. The van der Waals surface area contributed by atoms with E-state index in [1.165, 1.54) is 30.6 Å². The zero-order valence-electron chi connectivity index (χ0n) is 10.5. The predicted molar refractivity (Wildman–Crippen MR) is 77.1 cm³/mol. The van der Waals surface area contributed by atoms with Crippen molar-refractivity contribution in [1.29, 1.82) is 0 Å². The van der Waals surface area contributed by atoms with Gasteiger partial charge >= 0.3 is 0 Å². The van der Waals surface area contributed by atoms with Gasteiger partial charge in [0.1, 0.15) is 10.7 Å². The Morgan fingerprint density at radius 1 is 1.25 bits per heavy atom. The van der Waals surface area contributed by atoms with Crippen LogP contribution in [0, 0.1) is 5.82 Å². The van der Waals surface area contributed by atoms with Crippen LogP contribution in [0.3, 0.4) is 0 Å². The number of nitrogens with one attached hydrogen (secondary N) is 1. The minimum absolute atomic E-state index is 0.0702. The predicted octanol–water partition coefficient (Wildman–Crippen LogP) is 3.02. The molecule has 2 aromatic rings. The second-order valence-corrected chi connectivity index (χ2v) is 6.86. The van der Waals surface area contributed by atoms with Crippen molar-refractivity contribution in [3.63, 3.8) is 0 Å². The van der Waals surface area contributed by atoms with Gasteiger partial charge in [0.15, 0.2) is 0 Å². The summed E-state index contributed by atoms with van der Waals surface area (Å²) in [5, 5.41) is 0. The average molecular weight is 359 g/mol. The molecule has 1 atom stereocenters. The Labute approximate surface area is 125 Å². The Kier molecular flexibility index (Phi) is 4.52. The fourth-order valence-corrected chi connectivity index (χ4v) is 3.40. The molecule has 1 heterocycles. The molecule has 1 unspecified atom stereocenters. The number of rotatable bonds is 4. The number of pyridine rings is 1. The van der Waals surface area contributed by atoms with Gasteiger partial charge in [0.25, 0.3) is 0 Å². The lowest BCUT2D eigenvalue weighted by Crippen LogP contribution is -2.27. The number of halogens is 2. The van der Waals surface area contributed by atoms with Gasteiger partial charge in [-0.1, -0.05) is 12.1 Å². The third-order valence-corrected chi connectivity index (χ3v) is 4.63. The zero-order valence-corrected chi connectivity index (χ0v) is 12.9. The van der Waals surface area contributed by atoms with Gasteiger partial charge in [0, 0.05) is 22.9 Å². The molecule has 20 heavy (non-hydrogen) atoms. The van der Waals surface area contributed by atoms with Crippen LogP contribution in [0.15, 0.2) is 52.1 Å². The molecule has 1 aromatic heterocycles. The number of hydrogen-bond acceptors (Lipinski definition) is 3. The van der Waals surface area contributed by atoms with E-state index in [2.05, 4.69) is 25.6 Å². The third-order valence-electron chi connectivity index (χ3n) is 2.69. The number of hydrogen-bond donors (Lipinski definition) is 1. The number of aromatic nitrogens is 1. The molecule has 0 amide bonds. The fraction of sp³-hybridized carbons (Fsp3) is 0.154. The first-order chi connectivity index (χ1) is 9.38. The Bertz CT molecular complexity index is 705. The molecule has 0 aliphatic carbocycles. The van der Waals surface area contributed by atoms with Crippen LogP contribution < -0.4 is 4.72 Å². The number of benzene rings is 1. The lowest BCUT2D eigenvalue weighted by Gasteiger charge is -2.14. The number of sulfonamides is 1. The van der Waals surface area contributed by atoms with Crippen LogP contribution in [0.2, 0.25) is 0 Å². The third kappa shape index (κ3) is 3.62. The summed E-state index contributed by atoms with van der Waals surface area (Å²) in [6.07, 6.45) is 2.77. The van der Waals surface area contributed by atoms with Crippen LogP contribution in [0.4, 0.5) is 4.39 Å². The molecule has 7 heteroatoms. The van der Waals surface area contributed by atoms with Gasteiger partial charge in [0.2, 0.25) is 10.0 Å². The summed E-state index contributed by atoms with van der Waals surface area (Å²) in [5.41, 5.74) is 0.679. The molecule has 4 nitrogen and oxygen atoms in total. The Balaban J connectivity index is 2.22. The summed E-state index contributed by atoms with van der Waals surface area (Å²) >= 11 is 3.18. The molecule has 0 fully saturated rings. The van der Waals surface area contributed by atoms with E-state index in [0.717, 1.165) is 0 Å². The van der Waals surface area contributed by atoms with Crippen molar-refractivity contribution in [2.45, 2.75) is 17.9 Å². The van der Waals surface area contributed by atoms with E-state index in [4.69, 9.17) is 0 Å². The summed E-state index contributed by atoms with van der Waals surface area (Å²) in [6.45, 7) is 1.69. The lowest BCUT2D eigenvalue weighted by molar-refractivity contribution is 0.566. The minimum atomic E-state index is -3.68. The van der Waals surface area contributed by atoms with Gasteiger partial charge in [-0.05, 0) is 46.6 Å². The summed E-state index contributed by atoms with van der Waals surface area (Å²) in [7, 11) is -3.68. The number of nitrogens with zero attached hydrogens (tertiary/aromatic N) is 1. The molecule has 1 N–H and O–H groups in total. The maximum atomic E-state index is 12.8. The Morgan fingerprint density at radius 2 is 1.90 bits per heavy atom. The van der Waals surface area contributed by atoms with E-state index in [1.807, 2.05) is 0 Å². The van der Waals surface area contributed by atoms with Crippen LogP contribution >= 0.6 is 15.9 Å². The molecular weight excluding hydrogens is 347 g/mol. The molecule has 1 aromatic carbocycles. The van der Waals surface area contributed by atoms with Crippen LogP contribution in [0.1, 0.15) is 18.5 Å². The van der Waals surface area contributed by atoms with Crippen molar-refractivity contribution in [3.05, 3.63) is 58.6 Å². The molecule has 106 valence electrons. The van der Waals surface area contributed by atoms with Crippen molar-refractivity contribution in [1.82, 2.24) is 9.71 Å². The van der Waals surface area contributed by atoms with E-state index < -0.39 is 16.1 Å². The summed E-state index contributed by atoms with van der Waals surface area (Å²) in [5.74, 6) is -0.361. The van der Waals surface area contributed by atoms with Crippen LogP contribution in [0.5, 0.6) is 0 Å². The zero-order chi connectivity index (χ0) is 14.8. The highest BCUT2D eigenvalue weighted by molar-refractivity contribution is 9.10. The van der Waals surface area contributed by atoms with Crippen molar-refractivity contribution < 1.29 is 12.8 Å². The smallest absolute Gasteiger partial charge is 0.242 e. The maximum Gasteiger partial charge on any atom is 0.242 e. The second kappa shape index (κ2) is 5.99. The second-order valence-electron chi connectivity index (χ2n) is 4.23. The van der Waals surface area contributed by atoms with Crippen molar-refractivity contribution in [2.75, 3.05) is 0 Å². The van der Waals surface area contributed by atoms with E-state index in [0.29, 0.717) is 10.0 Å². The van der Waals surface area contributed by atoms with Crippen LogP contribution in [0.25, 0.3) is 0 Å². The van der Waals surface area contributed by atoms with E-state index >= 15 is 0 Å². The topological polar surface area (TPSA) is 59.1 Å². The molecule has 0 spiro atoms. The minimum Gasteiger partial charge on any atom is -0.262 e. The van der Waals surface area contributed by atoms with E-state index in [-0.39, 0.29) is 10.7 Å². The Hall–Kier alpha value is -1.31. The van der Waals surface area contributed by atoms with E-state index in [1.54, 1.807) is 19.1 Å². The Morgan fingerprint density at radius 3 is 2.50 bits per heavy atom. The van der Waals surface area contributed by atoms with Gasteiger partial charge in [-0.15, -0.1) is 0 Å². The molecule has 0 saturated carbocycles. The molecule has 0 radical (unpaired) electrons. The fourth-order valence-electron chi connectivity index (χ4n) is 1.66. The molecule has 2 rings (SSSR count). The first-order valence-electron chi connectivity index (χ1n) is 5.77. The summed E-state index contributed by atoms with van der Waals surface area (Å²) in [4.78, 5) is 3.90. The quantitative estimate of drug-likeness (QED) is 0.913. The average Bonchev–Trinajstić information content (AvgIpc) is 2.39. The normalized spacial score (nSPS) is 13.2. The molecule has 0 aliphatic heterocycles. The van der Waals surface area contributed by atoms with E-state index in [9.17, 15) is 12.8 Å². The first-order valence-corrected chi connectivity index (χ1v) is 8.04. The van der Waals surface area contributed by atoms with Gasteiger partial charge < -0.3 is 0 Å². The van der Waals surface area contributed by atoms with Crippen molar-refractivity contribution in [3.8, 4) is 0 Å². The van der Waals surface area contributed by atoms with Crippen molar-refractivity contribution >= 4 is 26.0 Å².